The van der Waals surface area contributed by atoms with E-state index in [1.807, 2.05) is 12.2 Å². The smallest absolute Gasteiger partial charge is 0.114 e. The molecule has 0 bridgehead atoms. The molecule has 0 aliphatic carbocycles. The minimum atomic E-state index is 0.794. The van der Waals surface area contributed by atoms with E-state index in [0.29, 0.717) is 0 Å². The average Bonchev–Trinajstić information content (AvgIpc) is 2.26. The summed E-state index contributed by atoms with van der Waals surface area (Å²) in [6.45, 7) is 9.38. The predicted octanol–water partition coefficient (Wildman–Crippen LogP) is 3.64. The Balaban J connectivity index is 4.04. The van der Waals surface area contributed by atoms with Crippen molar-refractivity contribution >= 4 is 7.85 Å². The van der Waals surface area contributed by atoms with Gasteiger partial charge >= 0.3 is 0 Å². The number of nitrogens with zero attached hydrogens (tertiary/aromatic N) is 1. The van der Waals surface area contributed by atoms with Crippen LogP contribution in [-0.4, -0.2) is 26.3 Å². The van der Waals surface area contributed by atoms with E-state index in [4.69, 9.17) is 7.85 Å². The molecule has 2 radical (unpaired) electrons. The number of hydrogen-bond acceptors (Lipinski definition) is 1. The van der Waals surface area contributed by atoms with Gasteiger partial charge in [-0.25, -0.2) is 0 Å². The van der Waals surface area contributed by atoms with Crippen LogP contribution in [0.2, 0.25) is 0 Å². The Hall–Kier alpha value is -0.915. The van der Waals surface area contributed by atoms with Crippen molar-refractivity contribution in [1.82, 2.24) is 4.90 Å². The predicted molar refractivity (Wildman–Crippen MR) is 74.6 cm³/mol. The zero-order valence-electron chi connectivity index (χ0n) is 11.0. The zero-order chi connectivity index (χ0) is 12.4. The van der Waals surface area contributed by atoms with Gasteiger partial charge < -0.3 is 4.90 Å². The lowest BCUT2D eigenvalue weighted by Crippen LogP contribution is -2.11. The van der Waals surface area contributed by atoms with Gasteiger partial charge in [-0.15, -0.1) is 0 Å². The molecule has 0 aliphatic heterocycles. The first-order chi connectivity index (χ1) is 7.61. The molecule has 0 atom stereocenters. The highest BCUT2D eigenvalue weighted by atomic mass is 15.1. The molecule has 0 aromatic rings. The lowest BCUT2D eigenvalue weighted by molar-refractivity contribution is 0.441. The largest absolute Gasteiger partial charge is 0.380 e. The summed E-state index contributed by atoms with van der Waals surface area (Å²) in [5.74, 6) is 0. The van der Waals surface area contributed by atoms with Gasteiger partial charge in [0.25, 0.3) is 0 Å². The van der Waals surface area contributed by atoms with Gasteiger partial charge in [-0.1, -0.05) is 50.4 Å². The molecule has 16 heavy (non-hydrogen) atoms. The molecule has 0 amide bonds. The molecule has 0 unspecified atom stereocenters. The van der Waals surface area contributed by atoms with Gasteiger partial charge in [0.1, 0.15) is 7.85 Å². The molecule has 0 aromatic heterocycles. The lowest BCUT2D eigenvalue weighted by atomic mass is 9.86. The number of unbranched alkanes of at least 4 members (excludes halogenated alkanes) is 1. The second-order valence-electron chi connectivity index (χ2n) is 4.15. The van der Waals surface area contributed by atoms with Crippen molar-refractivity contribution in [3.05, 3.63) is 36.0 Å². The highest BCUT2D eigenvalue weighted by molar-refractivity contribution is 6.24. The van der Waals surface area contributed by atoms with Gasteiger partial charge in [0, 0.05) is 13.6 Å². The summed E-state index contributed by atoms with van der Waals surface area (Å²) in [6.07, 6.45) is 10.5. The molecular formula is C14H24BN. The molecule has 0 heterocycles. The summed E-state index contributed by atoms with van der Waals surface area (Å²) >= 11 is 0. The minimum absolute atomic E-state index is 0.794. The zero-order valence-corrected chi connectivity index (χ0v) is 11.0. The number of hydrogen-bond donors (Lipinski definition) is 0. The summed E-state index contributed by atoms with van der Waals surface area (Å²) in [4.78, 5) is 2.18. The van der Waals surface area contributed by atoms with Crippen LogP contribution in [0.3, 0.4) is 0 Å². The fraction of sp³-hybridized carbons (Fsp3) is 0.571. The van der Waals surface area contributed by atoms with Crippen molar-refractivity contribution in [3.63, 3.8) is 0 Å². The third-order valence-corrected chi connectivity index (χ3v) is 2.44. The van der Waals surface area contributed by atoms with Crippen LogP contribution in [0.25, 0.3) is 0 Å². The van der Waals surface area contributed by atoms with Crippen LogP contribution in [0.5, 0.6) is 0 Å². The SMILES string of the molecule is [B]/C(=C\C=C\N(C)CCCC)C(=C)CCC. The maximum Gasteiger partial charge on any atom is 0.114 e. The van der Waals surface area contributed by atoms with E-state index in [2.05, 4.69) is 38.6 Å². The molecule has 0 aromatic carbocycles. The first kappa shape index (κ1) is 15.1. The average molecular weight is 217 g/mol. The summed E-state index contributed by atoms with van der Waals surface area (Å²) in [7, 11) is 7.96. The molecule has 0 rings (SSSR count). The van der Waals surface area contributed by atoms with Crippen LogP contribution < -0.4 is 0 Å². The van der Waals surface area contributed by atoms with Crippen LogP contribution in [0.1, 0.15) is 39.5 Å². The third kappa shape index (κ3) is 7.39. The minimum Gasteiger partial charge on any atom is -0.380 e. The Bertz CT molecular complexity index is 253. The molecule has 0 fully saturated rings. The van der Waals surface area contributed by atoms with Crippen LogP contribution in [0.4, 0.5) is 0 Å². The van der Waals surface area contributed by atoms with E-state index < -0.39 is 0 Å². The molecule has 0 saturated carbocycles. The maximum absolute atomic E-state index is 5.88. The molecule has 0 N–H and O–H groups in total. The van der Waals surface area contributed by atoms with E-state index in [9.17, 15) is 0 Å². The van der Waals surface area contributed by atoms with E-state index in [1.54, 1.807) is 0 Å². The van der Waals surface area contributed by atoms with Crippen LogP contribution in [0.15, 0.2) is 36.0 Å². The van der Waals surface area contributed by atoms with Gasteiger partial charge in [0.2, 0.25) is 0 Å². The second kappa shape index (κ2) is 9.32. The van der Waals surface area contributed by atoms with Crippen molar-refractivity contribution in [3.8, 4) is 0 Å². The fourth-order valence-corrected chi connectivity index (χ4v) is 1.34. The first-order valence-electron chi connectivity index (χ1n) is 6.14. The van der Waals surface area contributed by atoms with Crippen molar-refractivity contribution < 1.29 is 0 Å². The van der Waals surface area contributed by atoms with Crippen molar-refractivity contribution in [2.75, 3.05) is 13.6 Å². The lowest BCUT2D eigenvalue weighted by Gasteiger charge is -2.12. The Morgan fingerprint density at radius 2 is 2.00 bits per heavy atom. The molecule has 0 spiro atoms. The highest BCUT2D eigenvalue weighted by Crippen LogP contribution is 2.10. The number of allylic oxidation sites excluding steroid dienone is 4. The van der Waals surface area contributed by atoms with Gasteiger partial charge in [-0.2, -0.15) is 0 Å². The summed E-state index contributed by atoms with van der Waals surface area (Å²) in [5.41, 5.74) is 1.82. The van der Waals surface area contributed by atoms with Crippen LogP contribution in [-0.2, 0) is 0 Å². The van der Waals surface area contributed by atoms with E-state index >= 15 is 0 Å². The molecule has 0 aliphatic rings. The molecule has 1 nitrogen and oxygen atoms in total. The maximum atomic E-state index is 5.88. The van der Waals surface area contributed by atoms with Crippen LogP contribution in [0, 0.1) is 0 Å². The first-order valence-corrected chi connectivity index (χ1v) is 6.14. The summed E-state index contributed by atoms with van der Waals surface area (Å²) in [5, 5.41) is 0. The van der Waals surface area contributed by atoms with Crippen molar-refractivity contribution in [2.24, 2.45) is 0 Å². The Labute approximate surface area is 102 Å². The summed E-state index contributed by atoms with van der Waals surface area (Å²) in [6, 6.07) is 0. The normalized spacial score (nSPS) is 12.1. The topological polar surface area (TPSA) is 3.24 Å². The number of rotatable bonds is 8. The Morgan fingerprint density at radius 1 is 1.31 bits per heavy atom. The molecule has 2 heteroatoms. The molecule has 88 valence electrons. The molecular weight excluding hydrogens is 193 g/mol. The van der Waals surface area contributed by atoms with Crippen molar-refractivity contribution in [1.29, 1.82) is 0 Å². The quantitative estimate of drug-likeness (QED) is 0.443. The van der Waals surface area contributed by atoms with Gasteiger partial charge in [-0.3, -0.25) is 0 Å². The second-order valence-corrected chi connectivity index (χ2v) is 4.15. The van der Waals surface area contributed by atoms with E-state index in [0.717, 1.165) is 30.4 Å². The monoisotopic (exact) mass is 217 g/mol. The van der Waals surface area contributed by atoms with Gasteiger partial charge in [-0.05, 0) is 25.1 Å². The highest BCUT2D eigenvalue weighted by Gasteiger charge is 1.93. The van der Waals surface area contributed by atoms with Gasteiger partial charge in [0.05, 0.1) is 0 Å². The van der Waals surface area contributed by atoms with Crippen molar-refractivity contribution in [2.45, 2.75) is 39.5 Å². The Morgan fingerprint density at radius 3 is 2.56 bits per heavy atom. The standard InChI is InChI=1S/C14H24BN/c1-5-7-11-16(4)12-8-10-14(15)13(3)9-6-2/h8,10,12H,3,5-7,9,11H2,1-2,4H3/b12-8+,14-10-. The van der Waals surface area contributed by atoms with Gasteiger partial charge in [0.15, 0.2) is 0 Å². The third-order valence-electron chi connectivity index (χ3n) is 2.44. The fourth-order valence-electron chi connectivity index (χ4n) is 1.34. The molecule has 0 saturated heterocycles. The summed E-state index contributed by atoms with van der Waals surface area (Å²) < 4.78 is 0. The van der Waals surface area contributed by atoms with E-state index in [1.165, 1.54) is 12.8 Å². The Kier molecular flexibility index (Phi) is 8.79. The van der Waals surface area contributed by atoms with E-state index in [-0.39, 0.29) is 0 Å². The van der Waals surface area contributed by atoms with Crippen LogP contribution >= 0.6 is 0 Å².